The van der Waals surface area contributed by atoms with Crippen molar-refractivity contribution >= 4 is 17.5 Å². The van der Waals surface area contributed by atoms with Crippen LogP contribution in [0.15, 0.2) is 72.8 Å². The molecule has 0 radical (unpaired) electrons. The fourth-order valence-corrected chi connectivity index (χ4v) is 5.73. The van der Waals surface area contributed by atoms with Crippen LogP contribution in [0.4, 0.5) is 5.69 Å². The average Bonchev–Trinajstić information content (AvgIpc) is 3.27. The van der Waals surface area contributed by atoms with Gasteiger partial charge in [-0.25, -0.2) is 0 Å². The number of ether oxygens (including phenoxy) is 2. The van der Waals surface area contributed by atoms with Gasteiger partial charge in [0, 0.05) is 17.2 Å². The first-order chi connectivity index (χ1) is 18.0. The fourth-order valence-electron chi connectivity index (χ4n) is 5.73. The Hall–Kier alpha value is -4.55. The highest BCUT2D eigenvalue weighted by Crippen LogP contribution is 2.56. The van der Waals surface area contributed by atoms with E-state index in [-0.39, 0.29) is 5.78 Å². The number of fused-ring (bicyclic) bond motifs is 3. The van der Waals surface area contributed by atoms with E-state index >= 15 is 0 Å². The van der Waals surface area contributed by atoms with Crippen molar-refractivity contribution < 1.29 is 14.3 Å². The number of carbonyl (C=O) groups is 1. The second-order valence-electron chi connectivity index (χ2n) is 9.31. The predicted molar refractivity (Wildman–Crippen MR) is 142 cm³/mol. The first-order valence-corrected chi connectivity index (χ1v) is 12.3. The third kappa shape index (κ3) is 3.65. The normalized spacial score (nSPS) is 20.8. The molecule has 0 bridgehead atoms. The molecule has 2 aliphatic rings. The van der Waals surface area contributed by atoms with Crippen LogP contribution in [0.2, 0.25) is 0 Å². The number of Topliss-reactive ketones (excluding diaryl/α,β-unsaturated/α-hetero) is 1. The Morgan fingerprint density at radius 2 is 1.68 bits per heavy atom. The molecule has 6 nitrogen and oxygen atoms in total. The number of methoxy groups -OCH3 is 2. The number of para-hydroxylation sites is 1. The number of ketones is 1. The molecule has 0 aliphatic carbocycles. The lowest BCUT2D eigenvalue weighted by molar-refractivity contribution is 0.0951. The molecule has 0 spiro atoms. The molecule has 1 fully saturated rings. The first-order valence-electron chi connectivity index (χ1n) is 12.3. The van der Waals surface area contributed by atoms with Crippen LogP contribution in [0.5, 0.6) is 11.5 Å². The minimum absolute atomic E-state index is 0.134. The van der Waals surface area contributed by atoms with E-state index in [9.17, 15) is 15.3 Å². The second kappa shape index (κ2) is 9.48. The fraction of sp³-hybridized carbons (Fsp3) is 0.258. The molecule has 0 unspecified atom stereocenters. The van der Waals surface area contributed by atoms with Gasteiger partial charge >= 0.3 is 0 Å². The minimum Gasteiger partial charge on any atom is -0.493 e. The van der Waals surface area contributed by atoms with Gasteiger partial charge in [0.1, 0.15) is 6.04 Å². The number of rotatable bonds is 6. The highest BCUT2D eigenvalue weighted by molar-refractivity contribution is 6.04. The van der Waals surface area contributed by atoms with Crippen molar-refractivity contribution in [1.82, 2.24) is 0 Å². The maximum absolute atomic E-state index is 14.4. The summed E-state index contributed by atoms with van der Waals surface area (Å²) in [6.07, 6.45) is 4.69. The molecule has 0 N–H and O–H groups in total. The van der Waals surface area contributed by atoms with E-state index in [1.807, 2.05) is 71.6 Å². The molecular weight excluding hydrogens is 462 g/mol. The van der Waals surface area contributed by atoms with Crippen molar-refractivity contribution in [2.24, 2.45) is 5.41 Å². The van der Waals surface area contributed by atoms with Crippen molar-refractivity contribution in [3.05, 3.63) is 95.1 Å². The van der Waals surface area contributed by atoms with Crippen LogP contribution in [-0.4, -0.2) is 32.1 Å². The molecule has 37 heavy (non-hydrogen) atoms. The number of benzene rings is 3. The van der Waals surface area contributed by atoms with Crippen molar-refractivity contribution in [3.8, 4) is 23.6 Å². The second-order valence-corrected chi connectivity index (χ2v) is 9.31. The SMILES string of the molecule is CCc1ccc(C(=O)[C@H]2[C@H](c3ccc(OC)c(OC)c3)C(C#N)(C#N)[C@@H]3C=Cc4ccccc4N32)cc1. The van der Waals surface area contributed by atoms with Crippen LogP contribution in [0, 0.1) is 28.1 Å². The summed E-state index contributed by atoms with van der Waals surface area (Å²) < 4.78 is 11.0. The maximum atomic E-state index is 14.4. The Kier molecular flexibility index (Phi) is 6.19. The Bertz CT molecular complexity index is 1450. The lowest BCUT2D eigenvalue weighted by atomic mass is 9.69. The standard InChI is InChI=1S/C31H27N3O3/c1-4-20-9-11-22(12-10-20)30(35)29-28(23-13-15-25(36-2)26(17-23)37-3)31(18-32,19-33)27-16-14-21-7-5-6-8-24(21)34(27)29/h5-17,27-29H,4H2,1-3H3/t27-,28-,29+/m0/s1. The van der Waals surface area contributed by atoms with Gasteiger partial charge in [0.05, 0.1) is 32.4 Å². The highest BCUT2D eigenvalue weighted by Gasteiger charge is 2.63. The van der Waals surface area contributed by atoms with Gasteiger partial charge in [-0.05, 0) is 41.3 Å². The third-order valence-electron chi connectivity index (χ3n) is 7.60. The number of nitrogens with zero attached hydrogens (tertiary/aromatic N) is 3. The van der Waals surface area contributed by atoms with Gasteiger partial charge < -0.3 is 14.4 Å². The molecule has 3 atom stereocenters. The first kappa shape index (κ1) is 24.2. The molecule has 5 rings (SSSR count). The number of aryl methyl sites for hydroxylation is 1. The number of nitriles is 2. The average molecular weight is 490 g/mol. The summed E-state index contributed by atoms with van der Waals surface area (Å²) in [4.78, 5) is 16.3. The van der Waals surface area contributed by atoms with Crippen molar-refractivity contribution in [3.63, 3.8) is 0 Å². The van der Waals surface area contributed by atoms with E-state index in [4.69, 9.17) is 9.47 Å². The van der Waals surface area contributed by atoms with Crippen LogP contribution in [0.1, 0.15) is 39.9 Å². The summed E-state index contributed by atoms with van der Waals surface area (Å²) in [7, 11) is 3.09. The topological polar surface area (TPSA) is 86.3 Å². The van der Waals surface area contributed by atoms with E-state index in [0.717, 1.165) is 23.2 Å². The molecule has 6 heteroatoms. The largest absolute Gasteiger partial charge is 0.493 e. The van der Waals surface area contributed by atoms with E-state index in [1.165, 1.54) is 7.11 Å². The van der Waals surface area contributed by atoms with Gasteiger partial charge in [0.15, 0.2) is 22.7 Å². The van der Waals surface area contributed by atoms with E-state index in [0.29, 0.717) is 22.6 Å². The number of hydrogen-bond acceptors (Lipinski definition) is 6. The lowest BCUT2D eigenvalue weighted by Crippen LogP contribution is -2.44. The molecule has 0 aromatic heterocycles. The lowest BCUT2D eigenvalue weighted by Gasteiger charge is -2.35. The smallest absolute Gasteiger partial charge is 0.185 e. The summed E-state index contributed by atoms with van der Waals surface area (Å²) in [6, 6.07) is 24.0. The van der Waals surface area contributed by atoms with Gasteiger partial charge in [-0.2, -0.15) is 10.5 Å². The quantitative estimate of drug-likeness (QED) is 0.422. The number of hydrogen-bond donors (Lipinski definition) is 0. The van der Waals surface area contributed by atoms with Crippen LogP contribution < -0.4 is 14.4 Å². The minimum atomic E-state index is -1.52. The van der Waals surface area contributed by atoms with Crippen molar-refractivity contribution in [2.45, 2.75) is 31.3 Å². The molecule has 3 aromatic carbocycles. The number of anilines is 1. The molecule has 3 aromatic rings. The zero-order valence-electron chi connectivity index (χ0n) is 21.0. The predicted octanol–water partition coefficient (Wildman–Crippen LogP) is 5.55. The van der Waals surface area contributed by atoms with Crippen LogP contribution in [0.3, 0.4) is 0 Å². The van der Waals surface area contributed by atoms with Crippen LogP contribution in [0.25, 0.3) is 6.08 Å². The van der Waals surface area contributed by atoms with Gasteiger partial charge in [-0.15, -0.1) is 0 Å². The molecule has 0 amide bonds. The maximum Gasteiger partial charge on any atom is 0.185 e. The summed E-state index contributed by atoms with van der Waals surface area (Å²) in [5.41, 5.74) is 2.60. The van der Waals surface area contributed by atoms with E-state index in [2.05, 4.69) is 19.1 Å². The van der Waals surface area contributed by atoms with Crippen molar-refractivity contribution in [1.29, 1.82) is 10.5 Å². The molecule has 184 valence electrons. The molecular formula is C31H27N3O3. The van der Waals surface area contributed by atoms with Gasteiger partial charge in [0.25, 0.3) is 0 Å². The summed E-state index contributed by atoms with van der Waals surface area (Å²) >= 11 is 0. The van der Waals surface area contributed by atoms with Gasteiger partial charge in [-0.3, -0.25) is 4.79 Å². The third-order valence-corrected chi connectivity index (χ3v) is 7.60. The molecule has 1 saturated heterocycles. The molecule has 2 heterocycles. The Morgan fingerprint density at radius 3 is 2.32 bits per heavy atom. The summed E-state index contributed by atoms with van der Waals surface area (Å²) in [5.74, 6) is 0.125. The van der Waals surface area contributed by atoms with Gasteiger partial charge in [0.2, 0.25) is 0 Å². The Labute approximate surface area is 217 Å². The summed E-state index contributed by atoms with van der Waals surface area (Å²) in [5, 5.41) is 21.2. The van der Waals surface area contributed by atoms with Crippen molar-refractivity contribution in [2.75, 3.05) is 19.1 Å². The van der Waals surface area contributed by atoms with Crippen LogP contribution >= 0.6 is 0 Å². The number of carbonyl (C=O) groups excluding carboxylic acids is 1. The van der Waals surface area contributed by atoms with E-state index < -0.39 is 23.4 Å². The Balaban J connectivity index is 1.76. The zero-order valence-corrected chi connectivity index (χ0v) is 21.0. The monoisotopic (exact) mass is 489 g/mol. The van der Waals surface area contributed by atoms with E-state index in [1.54, 1.807) is 19.2 Å². The molecule has 0 saturated carbocycles. The van der Waals surface area contributed by atoms with Gasteiger partial charge in [-0.1, -0.05) is 67.6 Å². The zero-order chi connectivity index (χ0) is 26.2. The summed E-state index contributed by atoms with van der Waals surface area (Å²) in [6.45, 7) is 2.07. The Morgan fingerprint density at radius 1 is 0.973 bits per heavy atom. The molecule has 2 aliphatic heterocycles. The highest BCUT2D eigenvalue weighted by atomic mass is 16.5. The van der Waals surface area contributed by atoms with Crippen LogP contribution in [-0.2, 0) is 6.42 Å².